The van der Waals surface area contributed by atoms with Crippen LogP contribution in [-0.4, -0.2) is 25.6 Å². The van der Waals surface area contributed by atoms with Gasteiger partial charge >= 0.3 is 0 Å². The maximum atomic E-state index is 14.0. The second kappa shape index (κ2) is 15.7. The van der Waals surface area contributed by atoms with Crippen molar-refractivity contribution in [1.29, 1.82) is 0 Å². The molecule has 0 spiro atoms. The van der Waals surface area contributed by atoms with Gasteiger partial charge < -0.3 is 9.47 Å². The number of hydrogen-bond acceptors (Lipinski definition) is 2. The fourth-order valence-corrected chi connectivity index (χ4v) is 3.61. The summed E-state index contributed by atoms with van der Waals surface area (Å²) in [5.41, 5.74) is 2.12. The normalized spacial score (nSPS) is 13.0. The van der Waals surface area contributed by atoms with Gasteiger partial charge in [0.15, 0.2) is 6.17 Å². The van der Waals surface area contributed by atoms with Crippen molar-refractivity contribution in [1.82, 2.24) is 0 Å². The third-order valence-electron chi connectivity index (χ3n) is 5.69. The third-order valence-corrected chi connectivity index (χ3v) is 5.69. The summed E-state index contributed by atoms with van der Waals surface area (Å²) in [5.74, 6) is 1.44. The molecular formula is C28H40F2O2. The van der Waals surface area contributed by atoms with E-state index in [4.69, 9.17) is 9.47 Å². The van der Waals surface area contributed by atoms with Gasteiger partial charge in [-0.2, -0.15) is 0 Å². The quantitative estimate of drug-likeness (QED) is 0.226. The summed E-state index contributed by atoms with van der Waals surface area (Å²) in [6, 6.07) is 15.5. The summed E-state index contributed by atoms with van der Waals surface area (Å²) in [7, 11) is 0. The van der Waals surface area contributed by atoms with Gasteiger partial charge in [0, 0.05) is 0 Å². The van der Waals surface area contributed by atoms with E-state index >= 15 is 0 Å². The Labute approximate surface area is 193 Å². The summed E-state index contributed by atoms with van der Waals surface area (Å²) in [5, 5.41) is 0. The van der Waals surface area contributed by atoms with Crippen molar-refractivity contribution in [2.24, 2.45) is 0 Å². The van der Waals surface area contributed by atoms with Crippen molar-refractivity contribution < 1.29 is 18.3 Å². The van der Waals surface area contributed by atoms with Crippen molar-refractivity contribution in [2.75, 3.05) is 13.2 Å². The first-order valence-corrected chi connectivity index (χ1v) is 12.4. The van der Waals surface area contributed by atoms with Gasteiger partial charge in [-0.15, -0.1) is 0 Å². The summed E-state index contributed by atoms with van der Waals surface area (Å²) in [6.07, 6.45) is 7.38. The fourth-order valence-electron chi connectivity index (χ4n) is 3.61. The van der Waals surface area contributed by atoms with E-state index in [0.29, 0.717) is 5.75 Å². The van der Waals surface area contributed by atoms with Crippen LogP contribution in [0.5, 0.6) is 11.5 Å². The minimum Gasteiger partial charge on any atom is -0.494 e. The first-order chi connectivity index (χ1) is 15.6. The van der Waals surface area contributed by atoms with Crippen molar-refractivity contribution in [3.05, 3.63) is 48.5 Å². The molecule has 0 aliphatic carbocycles. The predicted molar refractivity (Wildman–Crippen MR) is 130 cm³/mol. The summed E-state index contributed by atoms with van der Waals surface area (Å²) in [4.78, 5) is 0. The van der Waals surface area contributed by atoms with Crippen LogP contribution in [0.1, 0.15) is 78.1 Å². The number of halogens is 2. The SMILES string of the molecule is CCCCCCCCOc1ccc(-c2ccc(OC[C@H](F)[C@@H](F)CCCCC)cc2)cc1. The van der Waals surface area contributed by atoms with E-state index < -0.39 is 12.3 Å². The van der Waals surface area contributed by atoms with Gasteiger partial charge in [0.25, 0.3) is 0 Å². The Bertz CT molecular complexity index is 715. The van der Waals surface area contributed by atoms with Crippen molar-refractivity contribution in [3.63, 3.8) is 0 Å². The molecule has 0 saturated heterocycles. The van der Waals surface area contributed by atoms with Crippen LogP contribution in [0.3, 0.4) is 0 Å². The van der Waals surface area contributed by atoms with E-state index in [0.717, 1.165) is 49.2 Å². The molecular weight excluding hydrogens is 406 g/mol. The molecule has 2 aromatic rings. The van der Waals surface area contributed by atoms with Crippen LogP contribution in [0.4, 0.5) is 8.78 Å². The lowest BCUT2D eigenvalue weighted by atomic mass is 10.1. The van der Waals surface area contributed by atoms with E-state index in [1.165, 1.54) is 32.1 Å². The number of alkyl halides is 2. The Morgan fingerprint density at radius 3 is 1.69 bits per heavy atom. The van der Waals surface area contributed by atoms with Crippen molar-refractivity contribution in [3.8, 4) is 22.6 Å². The van der Waals surface area contributed by atoms with Gasteiger partial charge in [-0.1, -0.05) is 89.5 Å². The lowest BCUT2D eigenvalue weighted by molar-refractivity contribution is 0.102. The molecule has 0 aliphatic heterocycles. The minimum atomic E-state index is -1.59. The number of hydrogen-bond donors (Lipinski definition) is 0. The van der Waals surface area contributed by atoms with Gasteiger partial charge in [-0.05, 0) is 48.2 Å². The van der Waals surface area contributed by atoms with Crippen LogP contribution in [0, 0.1) is 0 Å². The average molecular weight is 447 g/mol. The lowest BCUT2D eigenvalue weighted by Gasteiger charge is -2.15. The molecule has 4 heteroatoms. The van der Waals surface area contributed by atoms with Crippen molar-refractivity contribution >= 4 is 0 Å². The Kier molecular flexibility index (Phi) is 12.8. The van der Waals surface area contributed by atoms with Crippen LogP contribution < -0.4 is 9.47 Å². The van der Waals surface area contributed by atoms with Crippen LogP contribution in [0.2, 0.25) is 0 Å². The Morgan fingerprint density at radius 1 is 0.594 bits per heavy atom. The first-order valence-electron chi connectivity index (χ1n) is 12.4. The Balaban J connectivity index is 1.73. The van der Waals surface area contributed by atoms with Crippen LogP contribution in [-0.2, 0) is 0 Å². The second-order valence-electron chi connectivity index (χ2n) is 8.50. The molecule has 0 aliphatic rings. The third kappa shape index (κ3) is 10.0. The predicted octanol–water partition coefficient (Wildman–Crippen LogP) is 8.73. The summed E-state index contributed by atoms with van der Waals surface area (Å²) < 4.78 is 39.1. The fraction of sp³-hybridized carbons (Fsp3) is 0.571. The molecule has 0 aromatic heterocycles. The van der Waals surface area contributed by atoms with Gasteiger partial charge in [0.05, 0.1) is 6.61 Å². The molecule has 0 N–H and O–H groups in total. The minimum absolute atomic E-state index is 0.253. The Hall–Kier alpha value is -2.10. The Morgan fingerprint density at radius 2 is 1.09 bits per heavy atom. The molecule has 178 valence electrons. The molecule has 0 heterocycles. The average Bonchev–Trinajstić information content (AvgIpc) is 2.83. The standard InChI is InChI=1S/C28H40F2O2/c1-3-5-7-8-9-11-21-31-25-17-13-23(14-18-25)24-15-19-26(20-16-24)32-22-28(30)27(29)12-10-6-4-2/h13-20,27-28H,3-12,21-22H2,1-2H3/t27-,28-/m0/s1. The van der Waals surface area contributed by atoms with Gasteiger partial charge in [-0.3, -0.25) is 0 Å². The van der Waals surface area contributed by atoms with E-state index in [9.17, 15) is 8.78 Å². The molecule has 2 nitrogen and oxygen atoms in total. The number of unbranched alkanes of at least 4 members (excludes halogenated alkanes) is 7. The zero-order chi connectivity index (χ0) is 23.0. The zero-order valence-corrected chi connectivity index (χ0v) is 19.8. The van der Waals surface area contributed by atoms with E-state index in [1.807, 2.05) is 43.3 Å². The first kappa shape index (κ1) is 26.2. The molecule has 2 atom stereocenters. The molecule has 0 amide bonds. The highest BCUT2D eigenvalue weighted by Crippen LogP contribution is 2.25. The van der Waals surface area contributed by atoms with Crippen LogP contribution in [0.15, 0.2) is 48.5 Å². The highest BCUT2D eigenvalue weighted by atomic mass is 19.2. The van der Waals surface area contributed by atoms with Gasteiger partial charge in [0.1, 0.15) is 24.3 Å². The molecule has 0 fully saturated rings. The lowest BCUT2D eigenvalue weighted by Crippen LogP contribution is -2.24. The smallest absolute Gasteiger partial charge is 0.165 e. The van der Waals surface area contributed by atoms with Crippen LogP contribution in [0.25, 0.3) is 11.1 Å². The van der Waals surface area contributed by atoms with Gasteiger partial charge in [-0.25, -0.2) is 8.78 Å². The summed E-state index contributed by atoms with van der Waals surface area (Å²) >= 11 is 0. The maximum Gasteiger partial charge on any atom is 0.165 e. The number of benzene rings is 2. The molecule has 2 aromatic carbocycles. The van der Waals surface area contributed by atoms with Crippen LogP contribution >= 0.6 is 0 Å². The molecule has 0 unspecified atom stereocenters. The molecule has 0 saturated carbocycles. The molecule has 32 heavy (non-hydrogen) atoms. The highest BCUT2D eigenvalue weighted by molar-refractivity contribution is 5.64. The van der Waals surface area contributed by atoms with E-state index in [1.54, 1.807) is 12.1 Å². The van der Waals surface area contributed by atoms with E-state index in [-0.39, 0.29) is 13.0 Å². The summed E-state index contributed by atoms with van der Waals surface area (Å²) in [6.45, 7) is 4.78. The largest absolute Gasteiger partial charge is 0.494 e. The van der Waals surface area contributed by atoms with Gasteiger partial charge in [0.2, 0.25) is 0 Å². The maximum absolute atomic E-state index is 14.0. The highest BCUT2D eigenvalue weighted by Gasteiger charge is 2.20. The van der Waals surface area contributed by atoms with Crippen molar-refractivity contribution in [2.45, 2.75) is 90.4 Å². The topological polar surface area (TPSA) is 18.5 Å². The zero-order valence-electron chi connectivity index (χ0n) is 19.8. The monoisotopic (exact) mass is 446 g/mol. The number of ether oxygens (including phenoxy) is 2. The van der Waals surface area contributed by atoms with E-state index in [2.05, 4.69) is 6.92 Å². The second-order valence-corrected chi connectivity index (χ2v) is 8.50. The molecule has 0 radical (unpaired) electrons. The molecule has 2 rings (SSSR count). The number of rotatable bonds is 17. The molecule has 0 bridgehead atoms.